The van der Waals surface area contributed by atoms with Crippen LogP contribution in [0, 0.1) is 17.2 Å². The minimum absolute atomic E-state index is 0.122. The molecule has 0 spiro atoms. The summed E-state index contributed by atoms with van der Waals surface area (Å²) in [4.78, 5) is 0. The number of epoxide rings is 1. The largest absolute Gasteiger partial charge is 0.350 e. The second-order valence-electron chi connectivity index (χ2n) is 3.54. The number of hydrogen-bond donors (Lipinski definition) is 0. The van der Waals surface area contributed by atoms with E-state index in [0.717, 1.165) is 6.42 Å². The van der Waals surface area contributed by atoms with Gasteiger partial charge < -0.3 is 4.74 Å². The SMILES string of the molecule is CC(C)CC1(C)OC1C#N. The first-order valence-corrected chi connectivity index (χ1v) is 3.66. The zero-order valence-electron chi connectivity index (χ0n) is 6.72. The molecule has 0 N–H and O–H groups in total. The Morgan fingerprint density at radius 2 is 2.30 bits per heavy atom. The van der Waals surface area contributed by atoms with E-state index < -0.39 is 0 Å². The Bertz CT molecular complexity index is 171. The number of nitrogens with zero attached hydrogens (tertiary/aromatic N) is 1. The van der Waals surface area contributed by atoms with E-state index in [4.69, 9.17) is 10.00 Å². The van der Waals surface area contributed by atoms with Crippen molar-refractivity contribution in [3.8, 4) is 6.07 Å². The molecule has 2 nitrogen and oxygen atoms in total. The van der Waals surface area contributed by atoms with Gasteiger partial charge in [-0.25, -0.2) is 0 Å². The van der Waals surface area contributed by atoms with Crippen molar-refractivity contribution in [2.75, 3.05) is 0 Å². The van der Waals surface area contributed by atoms with Crippen LogP contribution in [0.3, 0.4) is 0 Å². The van der Waals surface area contributed by atoms with Crippen molar-refractivity contribution in [3.63, 3.8) is 0 Å². The van der Waals surface area contributed by atoms with Gasteiger partial charge in [-0.3, -0.25) is 0 Å². The molecule has 1 aliphatic rings. The maximum Gasteiger partial charge on any atom is 0.173 e. The topological polar surface area (TPSA) is 36.3 Å². The molecule has 0 radical (unpaired) electrons. The van der Waals surface area contributed by atoms with Crippen molar-refractivity contribution in [2.24, 2.45) is 5.92 Å². The Hall–Kier alpha value is -0.550. The highest BCUT2D eigenvalue weighted by Gasteiger charge is 2.52. The Morgan fingerprint density at radius 3 is 2.60 bits per heavy atom. The molecule has 0 aliphatic carbocycles. The first-order valence-electron chi connectivity index (χ1n) is 3.66. The number of nitriles is 1. The first kappa shape index (κ1) is 7.56. The van der Waals surface area contributed by atoms with Crippen LogP contribution in [0.1, 0.15) is 27.2 Å². The predicted molar refractivity (Wildman–Crippen MR) is 38.3 cm³/mol. The van der Waals surface area contributed by atoms with E-state index in [1.807, 2.05) is 6.92 Å². The van der Waals surface area contributed by atoms with Crippen LogP contribution in [-0.2, 0) is 4.74 Å². The second kappa shape index (κ2) is 2.25. The summed E-state index contributed by atoms with van der Waals surface area (Å²) in [7, 11) is 0. The lowest BCUT2D eigenvalue weighted by atomic mass is 9.96. The molecule has 10 heavy (non-hydrogen) atoms. The normalized spacial score (nSPS) is 37.7. The molecule has 2 heteroatoms. The standard InChI is InChI=1S/C8H13NO/c1-6(2)4-8(3)7(5-9)10-8/h6-7H,4H2,1-3H3. The fourth-order valence-electron chi connectivity index (χ4n) is 1.36. The van der Waals surface area contributed by atoms with Crippen molar-refractivity contribution in [1.29, 1.82) is 5.26 Å². The molecule has 0 aromatic heterocycles. The summed E-state index contributed by atoms with van der Waals surface area (Å²) in [5.74, 6) is 0.614. The molecular formula is C8H13NO. The average Bonchev–Trinajstić information content (AvgIpc) is 2.39. The molecule has 0 aromatic rings. The van der Waals surface area contributed by atoms with Crippen molar-refractivity contribution in [1.82, 2.24) is 0 Å². The van der Waals surface area contributed by atoms with Crippen LogP contribution in [0.15, 0.2) is 0 Å². The first-order chi connectivity index (χ1) is 4.58. The van der Waals surface area contributed by atoms with Crippen LogP contribution in [0.2, 0.25) is 0 Å². The molecule has 1 fully saturated rings. The predicted octanol–water partition coefficient (Wildman–Crippen LogP) is 1.71. The summed E-state index contributed by atoms with van der Waals surface area (Å²) in [5.41, 5.74) is -0.122. The Labute approximate surface area is 61.8 Å². The fourth-order valence-corrected chi connectivity index (χ4v) is 1.36. The van der Waals surface area contributed by atoms with Crippen LogP contribution in [-0.4, -0.2) is 11.7 Å². The molecule has 0 bridgehead atoms. The van der Waals surface area contributed by atoms with Crippen LogP contribution in [0.4, 0.5) is 0 Å². The van der Waals surface area contributed by atoms with Gasteiger partial charge in [0.25, 0.3) is 0 Å². The summed E-state index contributed by atoms with van der Waals surface area (Å²) < 4.78 is 5.20. The van der Waals surface area contributed by atoms with Gasteiger partial charge in [-0.15, -0.1) is 0 Å². The molecule has 0 amide bonds. The van der Waals surface area contributed by atoms with Crippen LogP contribution < -0.4 is 0 Å². The summed E-state index contributed by atoms with van der Waals surface area (Å²) in [6.45, 7) is 6.28. The van der Waals surface area contributed by atoms with Crippen molar-refractivity contribution >= 4 is 0 Å². The van der Waals surface area contributed by atoms with Crippen LogP contribution >= 0.6 is 0 Å². The third kappa shape index (κ3) is 1.30. The quantitative estimate of drug-likeness (QED) is 0.546. The molecule has 1 rings (SSSR count). The van der Waals surface area contributed by atoms with E-state index in [1.165, 1.54) is 0 Å². The van der Waals surface area contributed by atoms with Gasteiger partial charge in [0.1, 0.15) is 5.60 Å². The Balaban J connectivity index is 2.38. The molecule has 56 valence electrons. The zero-order chi connectivity index (χ0) is 7.78. The molecule has 1 saturated heterocycles. The van der Waals surface area contributed by atoms with Gasteiger partial charge >= 0.3 is 0 Å². The minimum Gasteiger partial charge on any atom is -0.350 e. The van der Waals surface area contributed by atoms with E-state index in [2.05, 4.69) is 19.9 Å². The van der Waals surface area contributed by atoms with E-state index in [-0.39, 0.29) is 11.7 Å². The lowest BCUT2D eigenvalue weighted by Crippen LogP contribution is -2.11. The van der Waals surface area contributed by atoms with Gasteiger partial charge in [0.05, 0.1) is 6.07 Å². The van der Waals surface area contributed by atoms with Gasteiger partial charge in [-0.1, -0.05) is 13.8 Å². The van der Waals surface area contributed by atoms with E-state index in [0.29, 0.717) is 5.92 Å². The molecule has 1 heterocycles. The molecule has 2 unspecified atom stereocenters. The number of ether oxygens (including phenoxy) is 1. The third-order valence-corrected chi connectivity index (χ3v) is 1.82. The lowest BCUT2D eigenvalue weighted by Gasteiger charge is -2.06. The van der Waals surface area contributed by atoms with E-state index in [1.54, 1.807) is 0 Å². The molecule has 0 aromatic carbocycles. The van der Waals surface area contributed by atoms with Crippen LogP contribution in [0.5, 0.6) is 0 Å². The fraction of sp³-hybridized carbons (Fsp3) is 0.875. The molecular weight excluding hydrogens is 126 g/mol. The third-order valence-electron chi connectivity index (χ3n) is 1.82. The van der Waals surface area contributed by atoms with Gasteiger partial charge in [0, 0.05) is 0 Å². The summed E-state index contributed by atoms with van der Waals surface area (Å²) in [6.07, 6.45) is 0.848. The van der Waals surface area contributed by atoms with Crippen LogP contribution in [0.25, 0.3) is 0 Å². The summed E-state index contributed by atoms with van der Waals surface area (Å²) in [6, 6.07) is 2.11. The van der Waals surface area contributed by atoms with Gasteiger partial charge in [0.2, 0.25) is 0 Å². The molecule has 1 aliphatic heterocycles. The van der Waals surface area contributed by atoms with E-state index in [9.17, 15) is 0 Å². The highest BCUT2D eigenvalue weighted by atomic mass is 16.6. The smallest absolute Gasteiger partial charge is 0.173 e. The zero-order valence-corrected chi connectivity index (χ0v) is 6.72. The summed E-state index contributed by atoms with van der Waals surface area (Å²) in [5, 5.41) is 8.48. The maximum absolute atomic E-state index is 8.48. The van der Waals surface area contributed by atoms with Gasteiger partial charge in [-0.05, 0) is 19.3 Å². The average molecular weight is 139 g/mol. The van der Waals surface area contributed by atoms with Crippen molar-refractivity contribution in [2.45, 2.75) is 38.9 Å². The Kier molecular flexibility index (Phi) is 1.70. The molecule has 0 saturated carbocycles. The number of hydrogen-bond acceptors (Lipinski definition) is 2. The van der Waals surface area contributed by atoms with Crippen molar-refractivity contribution < 1.29 is 4.74 Å². The van der Waals surface area contributed by atoms with Gasteiger partial charge in [0.15, 0.2) is 6.10 Å². The Morgan fingerprint density at radius 1 is 1.70 bits per heavy atom. The summed E-state index contributed by atoms with van der Waals surface area (Å²) >= 11 is 0. The second-order valence-corrected chi connectivity index (χ2v) is 3.54. The minimum atomic E-state index is -0.144. The van der Waals surface area contributed by atoms with Gasteiger partial charge in [-0.2, -0.15) is 5.26 Å². The maximum atomic E-state index is 8.48. The molecule has 2 atom stereocenters. The lowest BCUT2D eigenvalue weighted by molar-refractivity contribution is 0.279. The monoisotopic (exact) mass is 139 g/mol. The highest BCUT2D eigenvalue weighted by Crippen LogP contribution is 2.40. The number of rotatable bonds is 2. The van der Waals surface area contributed by atoms with E-state index >= 15 is 0 Å². The van der Waals surface area contributed by atoms with Crippen molar-refractivity contribution in [3.05, 3.63) is 0 Å². The highest BCUT2D eigenvalue weighted by molar-refractivity contribution is 5.11.